The van der Waals surface area contributed by atoms with Crippen molar-refractivity contribution in [3.05, 3.63) is 35.4 Å². The van der Waals surface area contributed by atoms with Crippen molar-refractivity contribution < 1.29 is 13.9 Å². The molecule has 0 radical (unpaired) electrons. The third kappa shape index (κ3) is 2.53. The Morgan fingerprint density at radius 2 is 1.73 bits per heavy atom. The van der Waals surface area contributed by atoms with E-state index < -0.39 is 11.6 Å². The number of hydrogen-bond acceptors (Lipinski definition) is 1. The van der Waals surface area contributed by atoms with Gasteiger partial charge >= 0.3 is 0 Å². The van der Waals surface area contributed by atoms with Gasteiger partial charge in [-0.1, -0.05) is 6.42 Å². The van der Waals surface area contributed by atoms with E-state index in [1.54, 1.807) is 0 Å². The van der Waals surface area contributed by atoms with Crippen molar-refractivity contribution >= 4 is 0 Å². The number of aliphatic hydroxyl groups is 1. The molecule has 0 saturated heterocycles. The highest BCUT2D eigenvalue weighted by atomic mass is 19.1. The Hall–Kier alpha value is -0.960. The fourth-order valence-corrected chi connectivity index (χ4v) is 2.28. The minimum atomic E-state index is -0.537. The zero-order valence-electron chi connectivity index (χ0n) is 8.42. The number of benzene rings is 1. The highest BCUT2D eigenvalue weighted by Gasteiger charge is 2.22. The van der Waals surface area contributed by atoms with Gasteiger partial charge in [-0.3, -0.25) is 0 Å². The molecule has 1 saturated carbocycles. The topological polar surface area (TPSA) is 20.2 Å². The Morgan fingerprint density at radius 1 is 1.07 bits per heavy atom. The summed E-state index contributed by atoms with van der Waals surface area (Å²) < 4.78 is 26.0. The van der Waals surface area contributed by atoms with E-state index in [-0.39, 0.29) is 12.0 Å². The molecule has 1 nitrogen and oxygen atoms in total. The van der Waals surface area contributed by atoms with Gasteiger partial charge in [0.1, 0.15) is 11.6 Å². The number of halogens is 2. The first kappa shape index (κ1) is 10.6. The zero-order valence-corrected chi connectivity index (χ0v) is 8.42. The second-order valence-electron chi connectivity index (χ2n) is 4.22. The lowest BCUT2D eigenvalue weighted by molar-refractivity contribution is 0.119. The molecular formula is C12H14F2O. The van der Waals surface area contributed by atoms with E-state index in [0.29, 0.717) is 12.0 Å². The van der Waals surface area contributed by atoms with Crippen LogP contribution in [0.5, 0.6) is 0 Å². The molecule has 0 spiro atoms. The number of rotatable bonds is 1. The molecule has 1 fully saturated rings. The Morgan fingerprint density at radius 3 is 2.33 bits per heavy atom. The van der Waals surface area contributed by atoms with E-state index in [1.165, 1.54) is 12.1 Å². The molecule has 0 amide bonds. The Balaban J connectivity index is 2.20. The van der Waals surface area contributed by atoms with Crippen LogP contribution in [0.4, 0.5) is 8.78 Å². The minimum absolute atomic E-state index is 0.0962. The summed E-state index contributed by atoms with van der Waals surface area (Å²) in [5.74, 6) is -0.978. The van der Waals surface area contributed by atoms with Gasteiger partial charge in [0.25, 0.3) is 0 Å². The van der Waals surface area contributed by atoms with Crippen molar-refractivity contribution in [1.82, 2.24) is 0 Å². The Kier molecular flexibility index (Phi) is 3.00. The van der Waals surface area contributed by atoms with Crippen LogP contribution in [-0.4, -0.2) is 11.2 Å². The lowest BCUT2D eigenvalue weighted by Gasteiger charge is -2.26. The van der Waals surface area contributed by atoms with Gasteiger partial charge in [0.05, 0.1) is 6.10 Å². The van der Waals surface area contributed by atoms with Gasteiger partial charge in [-0.15, -0.1) is 0 Å². The molecule has 1 aliphatic carbocycles. The molecule has 1 aromatic carbocycles. The van der Waals surface area contributed by atoms with Gasteiger partial charge in [-0.05, 0) is 42.9 Å². The van der Waals surface area contributed by atoms with Gasteiger partial charge in [0.2, 0.25) is 0 Å². The fourth-order valence-electron chi connectivity index (χ4n) is 2.28. The standard InChI is InChI=1S/C12H14F2O/c13-10-4-9(5-11(14)7-10)8-2-1-3-12(15)6-8/h4-5,7-8,12,15H,1-3,6H2. The molecule has 82 valence electrons. The molecule has 0 heterocycles. The Bertz CT molecular complexity index is 331. The summed E-state index contributed by atoms with van der Waals surface area (Å²) in [5.41, 5.74) is 0.672. The third-order valence-corrected chi connectivity index (χ3v) is 3.00. The predicted molar refractivity (Wildman–Crippen MR) is 53.6 cm³/mol. The molecule has 2 atom stereocenters. The van der Waals surface area contributed by atoms with E-state index >= 15 is 0 Å². The number of hydrogen-bond donors (Lipinski definition) is 1. The molecule has 1 aromatic rings. The van der Waals surface area contributed by atoms with Crippen LogP contribution in [0, 0.1) is 11.6 Å². The average molecular weight is 212 g/mol. The van der Waals surface area contributed by atoms with Crippen molar-refractivity contribution in [3.63, 3.8) is 0 Å². The quantitative estimate of drug-likeness (QED) is 0.758. The maximum absolute atomic E-state index is 13.0. The predicted octanol–water partition coefficient (Wildman–Crippen LogP) is 2.98. The van der Waals surface area contributed by atoms with Crippen LogP contribution in [0.2, 0.25) is 0 Å². The van der Waals surface area contributed by atoms with Gasteiger partial charge < -0.3 is 5.11 Å². The second kappa shape index (κ2) is 4.27. The maximum Gasteiger partial charge on any atom is 0.126 e. The smallest absolute Gasteiger partial charge is 0.126 e. The first-order chi connectivity index (χ1) is 7.15. The molecular weight excluding hydrogens is 198 g/mol. The fraction of sp³-hybridized carbons (Fsp3) is 0.500. The minimum Gasteiger partial charge on any atom is -0.393 e. The molecule has 15 heavy (non-hydrogen) atoms. The highest BCUT2D eigenvalue weighted by molar-refractivity contribution is 5.22. The van der Waals surface area contributed by atoms with E-state index in [1.807, 2.05) is 0 Å². The molecule has 1 N–H and O–H groups in total. The molecule has 2 unspecified atom stereocenters. The van der Waals surface area contributed by atoms with E-state index in [4.69, 9.17) is 0 Å². The Labute approximate surface area is 87.7 Å². The van der Waals surface area contributed by atoms with Crippen molar-refractivity contribution in [2.75, 3.05) is 0 Å². The first-order valence-electron chi connectivity index (χ1n) is 5.29. The molecule has 0 aliphatic heterocycles. The summed E-state index contributed by atoms with van der Waals surface area (Å²) in [6.07, 6.45) is 2.91. The van der Waals surface area contributed by atoms with Crippen LogP contribution in [-0.2, 0) is 0 Å². The molecule has 1 aliphatic rings. The van der Waals surface area contributed by atoms with Crippen LogP contribution in [0.25, 0.3) is 0 Å². The third-order valence-electron chi connectivity index (χ3n) is 3.00. The lowest BCUT2D eigenvalue weighted by Crippen LogP contribution is -2.18. The van der Waals surface area contributed by atoms with Crippen LogP contribution in [0.1, 0.15) is 37.2 Å². The van der Waals surface area contributed by atoms with Gasteiger partial charge in [0, 0.05) is 6.07 Å². The van der Waals surface area contributed by atoms with Crippen molar-refractivity contribution in [1.29, 1.82) is 0 Å². The molecule has 3 heteroatoms. The largest absolute Gasteiger partial charge is 0.393 e. The molecule has 0 bridgehead atoms. The summed E-state index contributed by atoms with van der Waals surface area (Å²) >= 11 is 0. The van der Waals surface area contributed by atoms with E-state index in [0.717, 1.165) is 25.3 Å². The van der Waals surface area contributed by atoms with Crippen molar-refractivity contribution in [3.8, 4) is 0 Å². The second-order valence-corrected chi connectivity index (χ2v) is 4.22. The first-order valence-corrected chi connectivity index (χ1v) is 5.29. The van der Waals surface area contributed by atoms with Crippen LogP contribution in [0.15, 0.2) is 18.2 Å². The van der Waals surface area contributed by atoms with E-state index in [2.05, 4.69) is 0 Å². The van der Waals surface area contributed by atoms with Crippen molar-refractivity contribution in [2.24, 2.45) is 0 Å². The summed E-state index contributed by atoms with van der Waals surface area (Å²) in [7, 11) is 0. The summed E-state index contributed by atoms with van der Waals surface area (Å²) in [4.78, 5) is 0. The van der Waals surface area contributed by atoms with E-state index in [9.17, 15) is 13.9 Å². The monoisotopic (exact) mass is 212 g/mol. The zero-order chi connectivity index (χ0) is 10.8. The molecule has 2 rings (SSSR count). The summed E-state index contributed by atoms with van der Waals surface area (Å²) in [6.45, 7) is 0. The van der Waals surface area contributed by atoms with Crippen LogP contribution >= 0.6 is 0 Å². The maximum atomic E-state index is 13.0. The highest BCUT2D eigenvalue weighted by Crippen LogP contribution is 2.33. The summed E-state index contributed by atoms with van der Waals surface area (Å²) in [5, 5.41) is 9.49. The number of aliphatic hydroxyl groups excluding tert-OH is 1. The van der Waals surface area contributed by atoms with Crippen LogP contribution < -0.4 is 0 Å². The normalized spacial score (nSPS) is 26.6. The van der Waals surface area contributed by atoms with Crippen molar-refractivity contribution in [2.45, 2.75) is 37.7 Å². The van der Waals surface area contributed by atoms with Gasteiger partial charge in [-0.25, -0.2) is 8.78 Å². The SMILES string of the molecule is OC1CCCC(c2cc(F)cc(F)c2)C1. The molecule has 0 aromatic heterocycles. The summed E-state index contributed by atoms with van der Waals surface area (Å²) in [6, 6.07) is 3.61. The van der Waals surface area contributed by atoms with Crippen LogP contribution in [0.3, 0.4) is 0 Å². The lowest BCUT2D eigenvalue weighted by atomic mass is 9.82. The van der Waals surface area contributed by atoms with Gasteiger partial charge in [-0.2, -0.15) is 0 Å². The average Bonchev–Trinajstić information content (AvgIpc) is 2.16. The van der Waals surface area contributed by atoms with Gasteiger partial charge in [0.15, 0.2) is 0 Å².